The van der Waals surface area contributed by atoms with Gasteiger partial charge in [-0.15, -0.1) is 0 Å². The van der Waals surface area contributed by atoms with Crippen LogP contribution >= 0.6 is 0 Å². The number of benzene rings is 1. The van der Waals surface area contributed by atoms with Crippen molar-refractivity contribution in [1.82, 2.24) is 5.43 Å². The van der Waals surface area contributed by atoms with Crippen molar-refractivity contribution in [2.24, 2.45) is 5.10 Å². The van der Waals surface area contributed by atoms with E-state index in [0.717, 1.165) is 0 Å². The Labute approximate surface area is 126 Å². The minimum atomic E-state index is -0.432. The number of methoxy groups -OCH3 is 1. The molecule has 8 heteroatoms. The molecule has 0 radical (unpaired) electrons. The molecule has 0 atom stereocenters. The van der Waals surface area contributed by atoms with Crippen LogP contribution in [-0.2, 0) is 14.4 Å². The molecule has 116 valence electrons. The molecule has 3 N–H and O–H groups in total. The topological polar surface area (TPSA) is 109 Å². The smallest absolute Gasteiger partial charge is 0.271 e. The maximum Gasteiger partial charge on any atom is 0.271 e. The van der Waals surface area contributed by atoms with E-state index in [9.17, 15) is 14.4 Å². The molecule has 2 rings (SSSR count). The summed E-state index contributed by atoms with van der Waals surface area (Å²) in [6, 6.07) is 4.87. The summed E-state index contributed by atoms with van der Waals surface area (Å²) in [6.07, 6.45) is 0.487. The maximum atomic E-state index is 12.1. The molecule has 0 bridgehead atoms. The minimum Gasteiger partial charge on any atom is -0.495 e. The van der Waals surface area contributed by atoms with E-state index in [1.54, 1.807) is 18.2 Å². The molecule has 0 aliphatic carbocycles. The molecule has 1 aromatic rings. The first kappa shape index (κ1) is 15.5. The highest BCUT2D eigenvalue weighted by molar-refractivity contribution is 6.43. The van der Waals surface area contributed by atoms with Crippen molar-refractivity contribution in [3.05, 3.63) is 18.2 Å². The van der Waals surface area contributed by atoms with Crippen LogP contribution in [0.25, 0.3) is 0 Å². The van der Waals surface area contributed by atoms with E-state index in [-0.39, 0.29) is 30.4 Å². The van der Waals surface area contributed by atoms with Crippen LogP contribution < -0.4 is 20.8 Å². The molecule has 1 heterocycles. The van der Waals surface area contributed by atoms with Gasteiger partial charge >= 0.3 is 0 Å². The molecule has 0 aromatic heterocycles. The van der Waals surface area contributed by atoms with Gasteiger partial charge in [-0.05, 0) is 18.2 Å². The molecule has 1 aromatic carbocycles. The Bertz CT molecular complexity index is 654. The normalized spacial score (nSPS) is 13.7. The summed E-state index contributed by atoms with van der Waals surface area (Å²) in [4.78, 5) is 34.3. The zero-order chi connectivity index (χ0) is 16.1. The van der Waals surface area contributed by atoms with E-state index in [4.69, 9.17) is 4.74 Å². The van der Waals surface area contributed by atoms with Gasteiger partial charge < -0.3 is 15.4 Å². The van der Waals surface area contributed by atoms with Crippen molar-refractivity contribution >= 4 is 34.8 Å². The van der Waals surface area contributed by atoms with Gasteiger partial charge in [-0.3, -0.25) is 14.4 Å². The Morgan fingerprint density at radius 1 is 1.27 bits per heavy atom. The van der Waals surface area contributed by atoms with Gasteiger partial charge in [-0.2, -0.15) is 5.10 Å². The van der Waals surface area contributed by atoms with E-state index < -0.39 is 5.91 Å². The molecule has 0 unspecified atom stereocenters. The number of nitrogens with zero attached hydrogens (tertiary/aromatic N) is 1. The van der Waals surface area contributed by atoms with E-state index in [1.807, 2.05) is 0 Å². The zero-order valence-electron chi connectivity index (χ0n) is 12.2. The van der Waals surface area contributed by atoms with Gasteiger partial charge in [0.15, 0.2) is 0 Å². The number of anilines is 2. The lowest BCUT2D eigenvalue weighted by molar-refractivity contribution is -0.121. The SMILES string of the molecule is COc1ccc(NC(C)=O)cc1NC(=O)C1=NNC(=O)CC1. The number of rotatable bonds is 4. The summed E-state index contributed by atoms with van der Waals surface area (Å²) < 4.78 is 5.17. The lowest BCUT2D eigenvalue weighted by Crippen LogP contribution is -2.32. The first-order valence-corrected chi connectivity index (χ1v) is 6.62. The Balaban J connectivity index is 2.18. The molecule has 1 aliphatic heterocycles. The van der Waals surface area contributed by atoms with Crippen molar-refractivity contribution in [2.75, 3.05) is 17.7 Å². The van der Waals surface area contributed by atoms with Crippen molar-refractivity contribution in [2.45, 2.75) is 19.8 Å². The fourth-order valence-corrected chi connectivity index (χ4v) is 1.92. The van der Waals surface area contributed by atoms with Crippen molar-refractivity contribution < 1.29 is 19.1 Å². The summed E-state index contributed by atoms with van der Waals surface area (Å²) in [5, 5.41) is 9.01. The van der Waals surface area contributed by atoms with Crippen LogP contribution in [0.15, 0.2) is 23.3 Å². The van der Waals surface area contributed by atoms with Gasteiger partial charge in [0, 0.05) is 25.5 Å². The molecule has 3 amide bonds. The monoisotopic (exact) mass is 304 g/mol. The maximum absolute atomic E-state index is 12.1. The standard InChI is InChI=1S/C14H16N4O4/c1-8(19)15-9-3-5-12(22-2)11(7-9)16-14(21)10-4-6-13(20)18-17-10/h3,5,7H,4,6H2,1-2H3,(H,15,19)(H,16,21)(H,18,20). The molecule has 0 spiro atoms. The van der Waals surface area contributed by atoms with Crippen LogP contribution in [0.5, 0.6) is 5.75 Å². The Morgan fingerprint density at radius 2 is 2.05 bits per heavy atom. The van der Waals surface area contributed by atoms with Crippen molar-refractivity contribution in [3.63, 3.8) is 0 Å². The number of amides is 3. The van der Waals surface area contributed by atoms with Crippen molar-refractivity contribution in [3.8, 4) is 5.75 Å². The van der Waals surface area contributed by atoms with Gasteiger partial charge in [0.2, 0.25) is 11.8 Å². The summed E-state index contributed by atoms with van der Waals surface area (Å²) in [6.45, 7) is 1.39. The molecule has 0 fully saturated rings. The second-order valence-electron chi connectivity index (χ2n) is 4.64. The molecular formula is C14H16N4O4. The third-order valence-corrected chi connectivity index (χ3v) is 2.93. The van der Waals surface area contributed by atoms with E-state index >= 15 is 0 Å². The zero-order valence-corrected chi connectivity index (χ0v) is 12.2. The van der Waals surface area contributed by atoms with Crippen LogP contribution in [0.1, 0.15) is 19.8 Å². The second-order valence-corrected chi connectivity index (χ2v) is 4.64. The summed E-state index contributed by atoms with van der Waals surface area (Å²) in [7, 11) is 1.47. The highest BCUT2D eigenvalue weighted by atomic mass is 16.5. The van der Waals surface area contributed by atoms with Crippen LogP contribution in [0.4, 0.5) is 11.4 Å². The number of ether oxygens (including phenoxy) is 1. The Kier molecular flexibility index (Phi) is 4.72. The Morgan fingerprint density at radius 3 is 2.64 bits per heavy atom. The van der Waals surface area contributed by atoms with Gasteiger partial charge in [-0.1, -0.05) is 0 Å². The number of carbonyl (C=O) groups is 3. The van der Waals surface area contributed by atoms with Gasteiger partial charge in [0.25, 0.3) is 5.91 Å². The second kappa shape index (κ2) is 6.70. The summed E-state index contributed by atoms with van der Waals surface area (Å²) >= 11 is 0. The molecular weight excluding hydrogens is 288 g/mol. The van der Waals surface area contributed by atoms with Gasteiger partial charge in [0.1, 0.15) is 11.5 Å². The number of hydrazone groups is 1. The van der Waals surface area contributed by atoms with Crippen LogP contribution in [0.2, 0.25) is 0 Å². The predicted molar refractivity (Wildman–Crippen MR) is 80.7 cm³/mol. The first-order chi connectivity index (χ1) is 10.5. The minimum absolute atomic E-state index is 0.218. The van der Waals surface area contributed by atoms with Crippen LogP contribution in [0, 0.1) is 0 Å². The average Bonchev–Trinajstić information content (AvgIpc) is 2.47. The molecule has 22 heavy (non-hydrogen) atoms. The van der Waals surface area contributed by atoms with E-state index in [1.165, 1.54) is 14.0 Å². The van der Waals surface area contributed by atoms with Crippen LogP contribution in [0.3, 0.4) is 0 Å². The molecule has 0 saturated carbocycles. The molecule has 1 aliphatic rings. The fraction of sp³-hybridized carbons (Fsp3) is 0.286. The largest absolute Gasteiger partial charge is 0.495 e. The van der Waals surface area contributed by atoms with Gasteiger partial charge in [0.05, 0.1) is 12.8 Å². The molecule has 0 saturated heterocycles. The third kappa shape index (κ3) is 3.81. The highest BCUT2D eigenvalue weighted by Gasteiger charge is 2.19. The van der Waals surface area contributed by atoms with E-state index in [2.05, 4.69) is 21.2 Å². The van der Waals surface area contributed by atoms with Gasteiger partial charge in [-0.25, -0.2) is 5.43 Å². The molecule has 8 nitrogen and oxygen atoms in total. The lowest BCUT2D eigenvalue weighted by atomic mass is 10.1. The number of hydrogen-bond donors (Lipinski definition) is 3. The highest BCUT2D eigenvalue weighted by Crippen LogP contribution is 2.28. The summed E-state index contributed by atoms with van der Waals surface area (Å²) in [5.74, 6) is -0.426. The number of nitrogens with one attached hydrogen (secondary N) is 3. The average molecular weight is 304 g/mol. The fourth-order valence-electron chi connectivity index (χ4n) is 1.92. The Hall–Kier alpha value is -2.90. The van der Waals surface area contributed by atoms with Crippen LogP contribution in [-0.4, -0.2) is 30.5 Å². The number of carbonyl (C=O) groups excluding carboxylic acids is 3. The van der Waals surface area contributed by atoms with E-state index in [0.29, 0.717) is 17.1 Å². The summed E-state index contributed by atoms with van der Waals surface area (Å²) in [5.41, 5.74) is 3.42. The number of hydrogen-bond acceptors (Lipinski definition) is 5. The van der Waals surface area contributed by atoms with Crippen molar-refractivity contribution in [1.29, 1.82) is 0 Å². The first-order valence-electron chi connectivity index (χ1n) is 6.62. The quantitative estimate of drug-likeness (QED) is 0.766. The third-order valence-electron chi connectivity index (χ3n) is 2.93. The predicted octanol–water partition coefficient (Wildman–Crippen LogP) is 0.858. The lowest BCUT2D eigenvalue weighted by Gasteiger charge is -2.15.